The maximum atomic E-state index is 13.1. The third-order valence-electron chi connectivity index (χ3n) is 3.30. The molecular weight excluding hydrogens is 205 g/mol. The molecule has 0 saturated carbocycles. The van der Waals surface area contributed by atoms with Gasteiger partial charge in [-0.25, -0.2) is 4.39 Å². The van der Waals surface area contributed by atoms with Crippen molar-refractivity contribution in [2.45, 2.75) is 25.9 Å². The predicted molar refractivity (Wildman–Crippen MR) is 61.6 cm³/mol. The Labute approximate surface area is 95.7 Å². The molecule has 1 fully saturated rings. The van der Waals surface area contributed by atoms with Crippen molar-refractivity contribution in [3.8, 4) is 0 Å². The highest BCUT2D eigenvalue weighted by Crippen LogP contribution is 2.23. The van der Waals surface area contributed by atoms with Crippen LogP contribution < -0.4 is 5.32 Å². The minimum absolute atomic E-state index is 0.222. The second-order valence-electron chi connectivity index (χ2n) is 4.25. The van der Waals surface area contributed by atoms with Gasteiger partial charge in [-0.1, -0.05) is 6.92 Å². The summed E-state index contributed by atoms with van der Waals surface area (Å²) in [6.07, 6.45) is 3.00. The van der Waals surface area contributed by atoms with Crippen molar-refractivity contribution >= 4 is 0 Å². The van der Waals surface area contributed by atoms with E-state index < -0.39 is 0 Å². The third kappa shape index (κ3) is 2.23. The Morgan fingerprint density at radius 3 is 2.81 bits per heavy atom. The van der Waals surface area contributed by atoms with E-state index in [-0.39, 0.29) is 11.9 Å². The lowest BCUT2D eigenvalue weighted by Crippen LogP contribution is -2.57. The Kier molecular flexibility index (Phi) is 3.51. The van der Waals surface area contributed by atoms with Gasteiger partial charge >= 0.3 is 0 Å². The van der Waals surface area contributed by atoms with Crippen molar-refractivity contribution in [3.63, 3.8) is 0 Å². The number of nitrogens with one attached hydrogen (secondary N) is 1. The molecule has 0 aliphatic carbocycles. The highest BCUT2D eigenvalue weighted by Gasteiger charge is 2.27. The normalized spacial score (nSPS) is 18.5. The average molecular weight is 223 g/mol. The maximum absolute atomic E-state index is 13.1. The Morgan fingerprint density at radius 2 is 2.31 bits per heavy atom. The van der Waals surface area contributed by atoms with Crippen molar-refractivity contribution < 1.29 is 4.39 Å². The second kappa shape index (κ2) is 4.89. The van der Waals surface area contributed by atoms with Crippen LogP contribution in [0.1, 0.15) is 25.5 Å². The first-order chi connectivity index (χ1) is 7.72. The summed E-state index contributed by atoms with van der Waals surface area (Å²) in [6.45, 7) is 7.28. The fraction of sp³-hybridized carbons (Fsp3) is 0.583. The van der Waals surface area contributed by atoms with Crippen LogP contribution >= 0.6 is 0 Å². The van der Waals surface area contributed by atoms with Gasteiger partial charge in [0.1, 0.15) is 5.82 Å². The lowest BCUT2D eigenvalue weighted by molar-refractivity contribution is 0.109. The molecular formula is C12H18FN3. The summed E-state index contributed by atoms with van der Waals surface area (Å²) >= 11 is 0. The van der Waals surface area contributed by atoms with Crippen LogP contribution in [0.3, 0.4) is 0 Å². The molecule has 0 bridgehead atoms. The minimum atomic E-state index is -0.257. The predicted octanol–water partition coefficient (Wildman–Crippen LogP) is 1.58. The van der Waals surface area contributed by atoms with Gasteiger partial charge in [0.25, 0.3) is 0 Å². The Morgan fingerprint density at radius 1 is 1.56 bits per heavy atom. The zero-order chi connectivity index (χ0) is 11.5. The summed E-state index contributed by atoms with van der Waals surface area (Å²) in [5.74, 6) is -0.257. The first-order valence-corrected chi connectivity index (χ1v) is 5.79. The van der Waals surface area contributed by atoms with Crippen LogP contribution in [0.2, 0.25) is 0 Å². The van der Waals surface area contributed by atoms with E-state index in [1.165, 1.54) is 6.20 Å². The molecule has 0 spiro atoms. The highest BCUT2D eigenvalue weighted by molar-refractivity contribution is 5.15. The number of halogens is 1. The van der Waals surface area contributed by atoms with Crippen LogP contribution in [0.25, 0.3) is 0 Å². The van der Waals surface area contributed by atoms with Crippen molar-refractivity contribution in [1.29, 1.82) is 0 Å². The highest BCUT2D eigenvalue weighted by atomic mass is 19.1. The largest absolute Gasteiger partial charge is 0.314 e. The number of aromatic nitrogens is 1. The molecule has 1 saturated heterocycles. The lowest BCUT2D eigenvalue weighted by Gasteiger charge is -2.41. The summed E-state index contributed by atoms with van der Waals surface area (Å²) < 4.78 is 13.1. The molecule has 0 aromatic carbocycles. The quantitative estimate of drug-likeness (QED) is 0.840. The van der Waals surface area contributed by atoms with E-state index >= 15 is 0 Å². The van der Waals surface area contributed by atoms with E-state index in [9.17, 15) is 4.39 Å². The van der Waals surface area contributed by atoms with Gasteiger partial charge in [0, 0.05) is 31.4 Å². The molecule has 0 radical (unpaired) electrons. The molecule has 1 aliphatic heterocycles. The molecule has 3 nitrogen and oxygen atoms in total. The number of rotatable bonds is 4. The Bertz CT molecular complexity index is 352. The van der Waals surface area contributed by atoms with E-state index in [2.05, 4.69) is 29.0 Å². The maximum Gasteiger partial charge on any atom is 0.141 e. The topological polar surface area (TPSA) is 28.2 Å². The minimum Gasteiger partial charge on any atom is -0.314 e. The number of hydrogen-bond acceptors (Lipinski definition) is 3. The van der Waals surface area contributed by atoms with E-state index in [1.54, 1.807) is 12.3 Å². The molecule has 1 aromatic heterocycles. The zero-order valence-corrected chi connectivity index (χ0v) is 9.78. The van der Waals surface area contributed by atoms with E-state index in [1.807, 2.05) is 0 Å². The fourth-order valence-electron chi connectivity index (χ4n) is 2.20. The molecule has 1 N–H and O–H groups in total. The SMILES string of the molecule is CCN(C1CNC1)C(C)c1cncc(F)c1. The van der Waals surface area contributed by atoms with Gasteiger partial charge in [0.2, 0.25) is 0 Å². The van der Waals surface area contributed by atoms with Gasteiger partial charge < -0.3 is 5.32 Å². The van der Waals surface area contributed by atoms with Crippen molar-refractivity contribution in [3.05, 3.63) is 29.8 Å². The first kappa shape index (κ1) is 11.5. The monoisotopic (exact) mass is 223 g/mol. The van der Waals surface area contributed by atoms with E-state index in [0.29, 0.717) is 6.04 Å². The summed E-state index contributed by atoms with van der Waals surface area (Å²) in [6, 6.07) is 2.37. The van der Waals surface area contributed by atoms with Crippen molar-refractivity contribution in [2.24, 2.45) is 0 Å². The standard InChI is InChI=1S/C12H18FN3/c1-3-16(12-7-15-8-12)9(2)10-4-11(13)6-14-5-10/h4-6,9,12,15H,3,7-8H2,1-2H3. The molecule has 1 aliphatic rings. The van der Waals surface area contributed by atoms with Gasteiger partial charge in [-0.05, 0) is 25.1 Å². The smallest absolute Gasteiger partial charge is 0.141 e. The molecule has 16 heavy (non-hydrogen) atoms. The van der Waals surface area contributed by atoms with Crippen LogP contribution in [-0.2, 0) is 0 Å². The second-order valence-corrected chi connectivity index (χ2v) is 4.25. The van der Waals surface area contributed by atoms with E-state index in [4.69, 9.17) is 0 Å². The summed E-state index contributed by atoms with van der Waals surface area (Å²) in [5.41, 5.74) is 0.953. The summed E-state index contributed by atoms with van der Waals surface area (Å²) in [5, 5.41) is 3.26. The zero-order valence-electron chi connectivity index (χ0n) is 9.78. The van der Waals surface area contributed by atoms with Crippen molar-refractivity contribution in [2.75, 3.05) is 19.6 Å². The van der Waals surface area contributed by atoms with Crippen LogP contribution in [0.15, 0.2) is 18.5 Å². The molecule has 4 heteroatoms. The third-order valence-corrected chi connectivity index (χ3v) is 3.30. The van der Waals surface area contributed by atoms with Gasteiger partial charge in [-0.15, -0.1) is 0 Å². The van der Waals surface area contributed by atoms with Crippen LogP contribution in [0, 0.1) is 5.82 Å². The first-order valence-electron chi connectivity index (χ1n) is 5.79. The number of likely N-dealkylation sites (N-methyl/N-ethyl adjacent to an activating group) is 1. The summed E-state index contributed by atoms with van der Waals surface area (Å²) in [4.78, 5) is 6.29. The van der Waals surface area contributed by atoms with Crippen molar-refractivity contribution in [1.82, 2.24) is 15.2 Å². The van der Waals surface area contributed by atoms with Crippen LogP contribution in [0.4, 0.5) is 4.39 Å². The van der Waals surface area contributed by atoms with Gasteiger partial charge in [-0.2, -0.15) is 0 Å². The van der Waals surface area contributed by atoms with Crippen LogP contribution in [-0.4, -0.2) is 35.6 Å². The van der Waals surface area contributed by atoms with E-state index in [0.717, 1.165) is 25.2 Å². The van der Waals surface area contributed by atoms with Gasteiger partial charge in [0.15, 0.2) is 0 Å². The Balaban J connectivity index is 2.12. The van der Waals surface area contributed by atoms with Gasteiger partial charge in [0.05, 0.1) is 6.20 Å². The molecule has 0 amide bonds. The van der Waals surface area contributed by atoms with Crippen LogP contribution in [0.5, 0.6) is 0 Å². The lowest BCUT2D eigenvalue weighted by atomic mass is 10.0. The van der Waals surface area contributed by atoms with Gasteiger partial charge in [-0.3, -0.25) is 9.88 Å². The molecule has 88 valence electrons. The number of hydrogen-bond donors (Lipinski definition) is 1. The Hall–Kier alpha value is -1.00. The number of pyridine rings is 1. The number of nitrogens with zero attached hydrogens (tertiary/aromatic N) is 2. The molecule has 1 atom stereocenters. The average Bonchev–Trinajstić information content (AvgIpc) is 2.22. The fourth-order valence-corrected chi connectivity index (χ4v) is 2.20. The molecule has 1 aromatic rings. The summed E-state index contributed by atoms with van der Waals surface area (Å²) in [7, 11) is 0. The molecule has 2 heterocycles. The molecule has 2 rings (SSSR count). The molecule has 1 unspecified atom stereocenters.